The highest BCUT2D eigenvalue weighted by molar-refractivity contribution is 6.22. The molecule has 0 unspecified atom stereocenters. The third kappa shape index (κ3) is 2.98. The van der Waals surface area contributed by atoms with E-state index in [1.807, 2.05) is 0 Å². The molecule has 0 saturated carbocycles. The van der Waals surface area contributed by atoms with Crippen molar-refractivity contribution in [2.75, 3.05) is 19.7 Å². The number of nitrogens with zero attached hydrogens (tertiary/aromatic N) is 2. The maximum absolute atomic E-state index is 12.3. The zero-order valence-corrected chi connectivity index (χ0v) is 12.7. The Labute approximate surface area is 136 Å². The van der Waals surface area contributed by atoms with Crippen molar-refractivity contribution < 1.29 is 24.0 Å². The number of benzene rings is 1. The Hall–Kier alpha value is -2.81. The average molecular weight is 333 g/mol. The van der Waals surface area contributed by atoms with E-state index >= 15 is 0 Å². The molecule has 9 nitrogen and oxygen atoms in total. The number of carbonyl (C=O) groups is 3. The van der Waals surface area contributed by atoms with Gasteiger partial charge in [-0.15, -0.1) is 0 Å². The number of ether oxygens (including phenoxy) is 1. The highest BCUT2D eigenvalue weighted by Gasteiger charge is 2.37. The minimum absolute atomic E-state index is 0.0428. The van der Waals surface area contributed by atoms with Gasteiger partial charge in [0.1, 0.15) is 6.54 Å². The molecular formula is C15H15N3O6. The molecule has 1 aromatic rings. The van der Waals surface area contributed by atoms with E-state index in [1.165, 1.54) is 6.07 Å². The predicted molar refractivity (Wildman–Crippen MR) is 80.4 cm³/mol. The van der Waals surface area contributed by atoms with Gasteiger partial charge in [0.05, 0.1) is 22.2 Å². The van der Waals surface area contributed by atoms with E-state index in [-0.39, 0.29) is 22.9 Å². The fraction of sp³-hybridized carbons (Fsp3) is 0.400. The highest BCUT2D eigenvalue weighted by atomic mass is 16.6. The van der Waals surface area contributed by atoms with Crippen LogP contribution >= 0.6 is 0 Å². The number of rotatable bonds is 5. The van der Waals surface area contributed by atoms with Crippen molar-refractivity contribution in [1.29, 1.82) is 0 Å². The highest BCUT2D eigenvalue weighted by Crippen LogP contribution is 2.26. The number of hydrogen-bond donors (Lipinski definition) is 1. The molecule has 0 radical (unpaired) electrons. The van der Waals surface area contributed by atoms with Crippen molar-refractivity contribution in [2.24, 2.45) is 0 Å². The molecule has 1 atom stereocenters. The topological polar surface area (TPSA) is 119 Å². The lowest BCUT2D eigenvalue weighted by Crippen LogP contribution is -2.42. The number of nitrogens with one attached hydrogen (secondary N) is 1. The maximum Gasteiger partial charge on any atom is 0.270 e. The number of nitro benzene ring substituents is 1. The van der Waals surface area contributed by atoms with Crippen LogP contribution in [-0.2, 0) is 9.53 Å². The van der Waals surface area contributed by atoms with Gasteiger partial charge < -0.3 is 10.1 Å². The summed E-state index contributed by atoms with van der Waals surface area (Å²) in [7, 11) is 0. The predicted octanol–water partition coefficient (Wildman–Crippen LogP) is 0.486. The molecule has 1 N–H and O–H groups in total. The molecule has 2 heterocycles. The van der Waals surface area contributed by atoms with Crippen molar-refractivity contribution in [2.45, 2.75) is 18.9 Å². The largest absolute Gasteiger partial charge is 0.376 e. The normalized spacial score (nSPS) is 19.5. The Morgan fingerprint density at radius 1 is 1.33 bits per heavy atom. The van der Waals surface area contributed by atoms with Gasteiger partial charge in [-0.3, -0.25) is 29.4 Å². The maximum atomic E-state index is 12.3. The molecule has 1 fully saturated rings. The minimum atomic E-state index is -0.703. The van der Waals surface area contributed by atoms with E-state index in [9.17, 15) is 24.5 Å². The lowest BCUT2D eigenvalue weighted by molar-refractivity contribution is -0.384. The summed E-state index contributed by atoms with van der Waals surface area (Å²) in [4.78, 5) is 47.3. The lowest BCUT2D eigenvalue weighted by Gasteiger charge is -2.15. The van der Waals surface area contributed by atoms with Gasteiger partial charge in [-0.05, 0) is 18.9 Å². The Morgan fingerprint density at radius 2 is 2.08 bits per heavy atom. The first-order valence-corrected chi connectivity index (χ1v) is 7.50. The SMILES string of the molecule is O=C(CN1C(=O)c2ccc([N+](=O)[O-])cc2C1=O)NC[C@@H]1CCCO1. The molecule has 0 spiro atoms. The van der Waals surface area contributed by atoms with Gasteiger partial charge in [0, 0.05) is 25.3 Å². The third-order valence-corrected chi connectivity index (χ3v) is 4.02. The van der Waals surface area contributed by atoms with Gasteiger partial charge >= 0.3 is 0 Å². The molecule has 9 heteroatoms. The summed E-state index contributed by atoms with van der Waals surface area (Å²) in [5.74, 6) is -1.81. The number of carbonyl (C=O) groups excluding carboxylic acids is 3. The van der Waals surface area contributed by atoms with Crippen LogP contribution in [0.2, 0.25) is 0 Å². The summed E-state index contributed by atoms with van der Waals surface area (Å²) in [5, 5.41) is 13.4. The molecular weight excluding hydrogens is 318 g/mol. The van der Waals surface area contributed by atoms with Crippen LogP contribution in [0.25, 0.3) is 0 Å². The van der Waals surface area contributed by atoms with Crippen LogP contribution in [-0.4, -0.2) is 53.3 Å². The van der Waals surface area contributed by atoms with E-state index in [0.717, 1.165) is 29.9 Å². The van der Waals surface area contributed by atoms with Crippen LogP contribution in [0.4, 0.5) is 5.69 Å². The monoisotopic (exact) mass is 333 g/mol. The third-order valence-electron chi connectivity index (χ3n) is 4.02. The average Bonchev–Trinajstić information content (AvgIpc) is 3.16. The van der Waals surface area contributed by atoms with Crippen LogP contribution in [0.15, 0.2) is 18.2 Å². The van der Waals surface area contributed by atoms with Gasteiger partial charge in [0.25, 0.3) is 17.5 Å². The molecule has 126 valence electrons. The van der Waals surface area contributed by atoms with Crippen molar-refractivity contribution in [3.63, 3.8) is 0 Å². The van der Waals surface area contributed by atoms with Crippen LogP contribution in [0.3, 0.4) is 0 Å². The van der Waals surface area contributed by atoms with E-state index in [0.29, 0.717) is 13.2 Å². The second kappa shape index (κ2) is 6.36. The Kier molecular flexibility index (Phi) is 4.26. The summed E-state index contributed by atoms with van der Waals surface area (Å²) in [5.41, 5.74) is -0.266. The van der Waals surface area contributed by atoms with Gasteiger partial charge in [-0.25, -0.2) is 0 Å². The second-order valence-electron chi connectivity index (χ2n) is 5.62. The zero-order valence-electron chi connectivity index (χ0n) is 12.7. The summed E-state index contributed by atoms with van der Waals surface area (Å²) < 4.78 is 5.38. The fourth-order valence-electron chi connectivity index (χ4n) is 2.77. The molecule has 1 aromatic carbocycles. The first kappa shape index (κ1) is 16.1. The Bertz CT molecular complexity index is 726. The van der Waals surface area contributed by atoms with Gasteiger partial charge in [0.2, 0.25) is 5.91 Å². The van der Waals surface area contributed by atoms with Crippen molar-refractivity contribution in [1.82, 2.24) is 10.2 Å². The Balaban J connectivity index is 1.66. The van der Waals surface area contributed by atoms with Gasteiger partial charge in [-0.1, -0.05) is 0 Å². The molecule has 2 aliphatic rings. The van der Waals surface area contributed by atoms with Gasteiger partial charge in [-0.2, -0.15) is 0 Å². The minimum Gasteiger partial charge on any atom is -0.376 e. The Morgan fingerprint density at radius 3 is 2.75 bits per heavy atom. The zero-order chi connectivity index (χ0) is 17.3. The molecule has 24 heavy (non-hydrogen) atoms. The van der Waals surface area contributed by atoms with Crippen molar-refractivity contribution >= 4 is 23.4 Å². The standard InChI is InChI=1S/C15H15N3O6/c19-13(16-7-10-2-1-5-24-10)8-17-14(20)11-4-3-9(18(22)23)6-12(11)15(17)21/h3-4,6,10H,1-2,5,7-8H2,(H,16,19)/t10-/m0/s1. The summed E-state index contributed by atoms with van der Waals surface area (Å²) in [6, 6.07) is 3.45. The van der Waals surface area contributed by atoms with E-state index in [1.54, 1.807) is 0 Å². The van der Waals surface area contributed by atoms with Gasteiger partial charge in [0.15, 0.2) is 0 Å². The first-order valence-electron chi connectivity index (χ1n) is 7.50. The van der Waals surface area contributed by atoms with Crippen molar-refractivity contribution in [3.8, 4) is 0 Å². The molecule has 0 aliphatic carbocycles. The summed E-state index contributed by atoms with van der Waals surface area (Å²) in [6.07, 6.45) is 1.76. The van der Waals surface area contributed by atoms with E-state index < -0.39 is 29.2 Å². The van der Waals surface area contributed by atoms with Crippen LogP contribution in [0.1, 0.15) is 33.6 Å². The smallest absolute Gasteiger partial charge is 0.270 e. The number of imide groups is 1. The molecule has 0 aromatic heterocycles. The van der Waals surface area contributed by atoms with E-state index in [4.69, 9.17) is 4.74 Å². The first-order chi connectivity index (χ1) is 11.5. The van der Waals surface area contributed by atoms with E-state index in [2.05, 4.69) is 5.32 Å². The lowest BCUT2D eigenvalue weighted by atomic mass is 10.1. The molecule has 3 rings (SSSR count). The number of hydrogen-bond acceptors (Lipinski definition) is 6. The van der Waals surface area contributed by atoms with Crippen LogP contribution in [0, 0.1) is 10.1 Å². The number of non-ortho nitro benzene ring substituents is 1. The number of nitro groups is 1. The molecule has 1 saturated heterocycles. The van der Waals surface area contributed by atoms with Crippen LogP contribution < -0.4 is 5.32 Å². The second-order valence-corrected chi connectivity index (χ2v) is 5.62. The number of fused-ring (bicyclic) bond motifs is 1. The number of amides is 3. The quantitative estimate of drug-likeness (QED) is 0.476. The summed E-state index contributed by atoms with van der Waals surface area (Å²) in [6.45, 7) is 0.568. The van der Waals surface area contributed by atoms with Crippen LogP contribution in [0.5, 0.6) is 0 Å². The summed E-state index contributed by atoms with van der Waals surface area (Å²) >= 11 is 0. The molecule has 3 amide bonds. The molecule has 0 bridgehead atoms. The van der Waals surface area contributed by atoms with Crippen molar-refractivity contribution in [3.05, 3.63) is 39.4 Å². The fourth-order valence-corrected chi connectivity index (χ4v) is 2.77. The molecule has 2 aliphatic heterocycles.